The van der Waals surface area contributed by atoms with Crippen molar-refractivity contribution in [3.05, 3.63) is 35.4 Å². The lowest BCUT2D eigenvalue weighted by atomic mass is 9.53. The van der Waals surface area contributed by atoms with Crippen LogP contribution in [0.2, 0.25) is 0 Å². The van der Waals surface area contributed by atoms with Crippen LogP contribution in [0.4, 0.5) is 4.79 Å². The molecule has 1 aromatic carbocycles. The average Bonchev–Trinajstić information content (AvgIpc) is 2.78. The van der Waals surface area contributed by atoms with E-state index in [0.717, 1.165) is 69.7 Å². The van der Waals surface area contributed by atoms with E-state index in [1.807, 2.05) is 31.2 Å². The highest BCUT2D eigenvalue weighted by Crippen LogP contribution is 2.55. The Kier molecular flexibility index (Phi) is 6.15. The standard InChI is InChI=1S/C26H35N5O2/c1-18(31-8-6-30(7-9-31)17-20-4-2-19(16-27)3-5-20)24(32)28-25(33)29-26-13-21-10-22(14-26)12-23(11-21)15-26/h2-5,18,21-23H,6-15,17H2,1H3,(H2,28,29,32,33). The van der Waals surface area contributed by atoms with Crippen LogP contribution in [0.25, 0.3) is 0 Å². The highest BCUT2D eigenvalue weighted by molar-refractivity contribution is 5.97. The zero-order valence-corrected chi connectivity index (χ0v) is 19.6. The maximum atomic E-state index is 12.8. The number of nitriles is 1. The summed E-state index contributed by atoms with van der Waals surface area (Å²) in [6.07, 6.45) is 7.23. The van der Waals surface area contributed by atoms with E-state index in [9.17, 15) is 9.59 Å². The SMILES string of the molecule is CC(C(=O)NC(=O)NC12CC3CC(CC(C3)C1)C2)N1CCN(Cc2ccc(C#N)cc2)CC1. The molecular formula is C26H35N5O2. The van der Waals surface area contributed by atoms with Crippen molar-refractivity contribution in [1.29, 1.82) is 5.26 Å². The first-order chi connectivity index (χ1) is 15.9. The van der Waals surface area contributed by atoms with Crippen LogP contribution < -0.4 is 10.6 Å². The van der Waals surface area contributed by atoms with Gasteiger partial charge < -0.3 is 5.32 Å². The summed E-state index contributed by atoms with van der Waals surface area (Å²) < 4.78 is 0. The van der Waals surface area contributed by atoms with Gasteiger partial charge in [-0.3, -0.25) is 19.9 Å². The molecule has 7 nitrogen and oxygen atoms in total. The summed E-state index contributed by atoms with van der Waals surface area (Å²) in [4.78, 5) is 30.1. The topological polar surface area (TPSA) is 88.5 Å². The average molecular weight is 450 g/mol. The molecule has 4 aliphatic carbocycles. The molecular weight excluding hydrogens is 414 g/mol. The van der Waals surface area contributed by atoms with Crippen molar-refractivity contribution < 1.29 is 9.59 Å². The van der Waals surface area contributed by atoms with Crippen LogP contribution in [0, 0.1) is 29.1 Å². The maximum Gasteiger partial charge on any atom is 0.321 e. The van der Waals surface area contributed by atoms with Crippen molar-refractivity contribution in [2.45, 2.75) is 63.6 Å². The number of nitrogens with zero attached hydrogens (tertiary/aromatic N) is 3. The molecule has 4 bridgehead atoms. The summed E-state index contributed by atoms with van der Waals surface area (Å²) in [5, 5.41) is 14.8. The van der Waals surface area contributed by atoms with E-state index in [0.29, 0.717) is 5.56 Å². The van der Waals surface area contributed by atoms with Crippen LogP contribution in [0.1, 0.15) is 56.6 Å². The molecule has 33 heavy (non-hydrogen) atoms. The summed E-state index contributed by atoms with van der Waals surface area (Å²) in [6, 6.07) is 9.22. The summed E-state index contributed by atoms with van der Waals surface area (Å²) >= 11 is 0. The quantitative estimate of drug-likeness (QED) is 0.722. The first-order valence-corrected chi connectivity index (χ1v) is 12.5. The summed E-state index contributed by atoms with van der Waals surface area (Å²) in [5.41, 5.74) is 1.78. The molecule has 1 atom stereocenters. The van der Waals surface area contributed by atoms with Gasteiger partial charge in [0.2, 0.25) is 5.91 Å². The summed E-state index contributed by atoms with van der Waals surface area (Å²) in [5.74, 6) is 2.06. The number of amides is 3. The van der Waals surface area contributed by atoms with Gasteiger partial charge in [0.15, 0.2) is 0 Å². The molecule has 0 radical (unpaired) electrons. The van der Waals surface area contributed by atoms with Gasteiger partial charge in [0, 0.05) is 38.3 Å². The Morgan fingerprint density at radius 2 is 1.61 bits per heavy atom. The Balaban J connectivity index is 1.08. The van der Waals surface area contributed by atoms with Gasteiger partial charge in [-0.05, 0) is 80.9 Å². The molecule has 5 fully saturated rings. The van der Waals surface area contributed by atoms with Crippen LogP contribution in [0.5, 0.6) is 0 Å². The Bertz CT molecular complexity index is 894. The number of rotatable bonds is 5. The molecule has 7 heteroatoms. The normalized spacial score (nSPS) is 32.2. The molecule has 3 amide bonds. The Morgan fingerprint density at radius 1 is 1.03 bits per heavy atom. The van der Waals surface area contributed by atoms with Gasteiger partial charge in [-0.1, -0.05) is 12.1 Å². The fraction of sp³-hybridized carbons (Fsp3) is 0.654. The van der Waals surface area contributed by atoms with E-state index >= 15 is 0 Å². The first kappa shape index (κ1) is 22.4. The lowest BCUT2D eigenvalue weighted by Gasteiger charge is -2.56. The Labute approximate surface area is 196 Å². The van der Waals surface area contributed by atoms with E-state index in [-0.39, 0.29) is 23.5 Å². The van der Waals surface area contributed by atoms with Crippen molar-refractivity contribution in [3.8, 4) is 6.07 Å². The number of imide groups is 1. The molecule has 1 aromatic rings. The molecule has 1 heterocycles. The summed E-state index contributed by atoms with van der Waals surface area (Å²) in [6.45, 7) is 6.06. The second-order valence-corrected chi connectivity index (χ2v) is 10.9. The minimum absolute atomic E-state index is 0.0839. The fourth-order valence-electron chi connectivity index (χ4n) is 7.17. The van der Waals surface area contributed by atoms with E-state index in [1.54, 1.807) is 0 Å². The van der Waals surface area contributed by atoms with Gasteiger partial charge in [-0.15, -0.1) is 0 Å². The maximum absolute atomic E-state index is 12.8. The zero-order valence-electron chi connectivity index (χ0n) is 19.6. The largest absolute Gasteiger partial charge is 0.332 e. The van der Waals surface area contributed by atoms with E-state index < -0.39 is 0 Å². The highest BCUT2D eigenvalue weighted by atomic mass is 16.2. The molecule has 176 valence electrons. The first-order valence-electron chi connectivity index (χ1n) is 12.5. The minimum atomic E-state index is -0.329. The number of carbonyl (C=O) groups is 2. The third-order valence-corrected chi connectivity index (χ3v) is 8.48. The van der Waals surface area contributed by atoms with Gasteiger partial charge in [-0.25, -0.2) is 4.79 Å². The van der Waals surface area contributed by atoms with E-state index in [1.165, 1.54) is 24.8 Å². The molecule has 6 rings (SSSR count). The van der Waals surface area contributed by atoms with Crippen molar-refractivity contribution >= 4 is 11.9 Å². The second-order valence-electron chi connectivity index (χ2n) is 10.9. The van der Waals surface area contributed by atoms with Crippen LogP contribution in [-0.2, 0) is 11.3 Å². The van der Waals surface area contributed by atoms with Gasteiger partial charge >= 0.3 is 6.03 Å². The molecule has 0 spiro atoms. The minimum Gasteiger partial charge on any atom is -0.332 e. The number of nitrogens with one attached hydrogen (secondary N) is 2. The van der Waals surface area contributed by atoms with Crippen molar-refractivity contribution in [3.63, 3.8) is 0 Å². The summed E-state index contributed by atoms with van der Waals surface area (Å²) in [7, 11) is 0. The number of hydrogen-bond acceptors (Lipinski definition) is 5. The molecule has 1 aliphatic heterocycles. The predicted octanol–water partition coefficient (Wildman–Crippen LogP) is 2.86. The van der Waals surface area contributed by atoms with Gasteiger partial charge in [-0.2, -0.15) is 5.26 Å². The third kappa shape index (κ3) is 4.92. The Hall–Kier alpha value is -2.43. The monoisotopic (exact) mass is 449 g/mol. The number of piperazine rings is 1. The Morgan fingerprint density at radius 3 is 2.15 bits per heavy atom. The second kappa shape index (κ2) is 9.08. The number of carbonyl (C=O) groups excluding carboxylic acids is 2. The smallest absolute Gasteiger partial charge is 0.321 e. The molecule has 1 saturated heterocycles. The van der Waals surface area contributed by atoms with Gasteiger partial charge in [0.1, 0.15) is 0 Å². The van der Waals surface area contributed by atoms with Crippen LogP contribution >= 0.6 is 0 Å². The molecule has 0 aromatic heterocycles. The highest BCUT2D eigenvalue weighted by Gasteiger charge is 2.51. The van der Waals surface area contributed by atoms with Gasteiger partial charge in [0.25, 0.3) is 0 Å². The van der Waals surface area contributed by atoms with Gasteiger partial charge in [0.05, 0.1) is 17.7 Å². The fourth-order valence-corrected chi connectivity index (χ4v) is 7.17. The number of urea groups is 1. The van der Waals surface area contributed by atoms with Crippen LogP contribution in [0.15, 0.2) is 24.3 Å². The number of benzene rings is 1. The molecule has 4 saturated carbocycles. The van der Waals surface area contributed by atoms with Crippen LogP contribution in [-0.4, -0.2) is 59.5 Å². The lowest BCUT2D eigenvalue weighted by molar-refractivity contribution is -0.125. The van der Waals surface area contributed by atoms with E-state index in [4.69, 9.17) is 5.26 Å². The lowest BCUT2D eigenvalue weighted by Crippen LogP contribution is -2.63. The molecule has 2 N–H and O–H groups in total. The van der Waals surface area contributed by atoms with E-state index in [2.05, 4.69) is 26.5 Å². The third-order valence-electron chi connectivity index (χ3n) is 8.48. The predicted molar refractivity (Wildman–Crippen MR) is 125 cm³/mol. The molecule has 1 unspecified atom stereocenters. The van der Waals surface area contributed by atoms with Crippen molar-refractivity contribution in [1.82, 2.24) is 20.4 Å². The van der Waals surface area contributed by atoms with Crippen molar-refractivity contribution in [2.24, 2.45) is 17.8 Å². The van der Waals surface area contributed by atoms with Crippen LogP contribution in [0.3, 0.4) is 0 Å². The zero-order chi connectivity index (χ0) is 23.0. The molecule has 5 aliphatic rings. The number of hydrogen-bond donors (Lipinski definition) is 2. The van der Waals surface area contributed by atoms with Crippen molar-refractivity contribution in [2.75, 3.05) is 26.2 Å².